The van der Waals surface area contributed by atoms with Crippen LogP contribution in [-0.2, 0) is 0 Å². The first-order valence-corrected chi connectivity index (χ1v) is 14.1. The van der Waals surface area contributed by atoms with Crippen LogP contribution in [-0.4, -0.2) is 9.97 Å². The van der Waals surface area contributed by atoms with Crippen LogP contribution in [0.4, 0.5) is 0 Å². The quantitative estimate of drug-likeness (QED) is 0.213. The summed E-state index contributed by atoms with van der Waals surface area (Å²) in [5.41, 5.74) is 14.2. The van der Waals surface area contributed by atoms with Crippen molar-refractivity contribution >= 4 is 21.7 Å². The largest absolute Gasteiger partial charge is 0.256 e. The molecule has 2 aromatic heterocycles. The average molecular weight is 527 g/mol. The summed E-state index contributed by atoms with van der Waals surface area (Å²) in [6.45, 7) is 6.57. The van der Waals surface area contributed by atoms with Gasteiger partial charge < -0.3 is 0 Å². The Bertz CT molecular complexity index is 2070. The van der Waals surface area contributed by atoms with Gasteiger partial charge in [-0.25, -0.2) is 0 Å². The minimum Gasteiger partial charge on any atom is -0.256 e. The lowest BCUT2D eigenvalue weighted by Crippen LogP contribution is -1.95. The van der Waals surface area contributed by atoms with E-state index < -0.39 is 0 Å². The van der Waals surface area contributed by atoms with Gasteiger partial charge in [-0.15, -0.1) is 0 Å². The van der Waals surface area contributed by atoms with E-state index in [0.717, 1.165) is 16.8 Å². The maximum atomic E-state index is 4.77. The minimum absolute atomic E-state index is 0.998. The summed E-state index contributed by atoms with van der Waals surface area (Å²) in [4.78, 5) is 9.42. The van der Waals surface area contributed by atoms with E-state index in [4.69, 9.17) is 4.98 Å². The highest BCUT2D eigenvalue weighted by Crippen LogP contribution is 2.41. The van der Waals surface area contributed by atoms with Crippen molar-refractivity contribution in [3.8, 4) is 44.6 Å². The van der Waals surface area contributed by atoms with E-state index in [0.29, 0.717) is 0 Å². The third-order valence-corrected chi connectivity index (χ3v) is 8.15. The molecule has 5 aromatic carbocycles. The number of hydrogen-bond donors (Lipinski definition) is 0. The van der Waals surface area contributed by atoms with Crippen LogP contribution >= 0.6 is 0 Å². The van der Waals surface area contributed by atoms with Gasteiger partial charge in [-0.3, -0.25) is 9.97 Å². The van der Waals surface area contributed by atoms with E-state index in [1.165, 1.54) is 66.2 Å². The maximum absolute atomic E-state index is 4.77. The van der Waals surface area contributed by atoms with Gasteiger partial charge >= 0.3 is 0 Å². The molecule has 0 bridgehead atoms. The SMILES string of the molecule is Cc1ccnc(-c2cccc(-c3c(C)ccc(-c4cc5ncccc5c5ccc(-c6ccccc6)cc45)c3C)c2)c1. The zero-order chi connectivity index (χ0) is 27.9. The van der Waals surface area contributed by atoms with Gasteiger partial charge in [0.05, 0.1) is 11.2 Å². The topological polar surface area (TPSA) is 25.8 Å². The number of rotatable bonds is 4. The molecule has 2 heterocycles. The molecule has 2 heteroatoms. The second-order valence-electron chi connectivity index (χ2n) is 10.8. The lowest BCUT2D eigenvalue weighted by atomic mass is 9.86. The number of nitrogens with zero attached hydrogens (tertiary/aromatic N) is 2. The fourth-order valence-corrected chi connectivity index (χ4v) is 6.12. The van der Waals surface area contributed by atoms with Crippen molar-refractivity contribution in [1.29, 1.82) is 0 Å². The predicted octanol–water partition coefficient (Wildman–Crippen LogP) is 10.4. The number of benzene rings is 5. The van der Waals surface area contributed by atoms with Crippen LogP contribution < -0.4 is 0 Å². The number of aryl methyl sites for hydroxylation is 2. The Balaban J connectivity index is 1.46. The molecule has 0 fully saturated rings. The molecule has 0 unspecified atom stereocenters. The summed E-state index contributed by atoms with van der Waals surface area (Å²) < 4.78 is 0. The van der Waals surface area contributed by atoms with Crippen LogP contribution in [0.15, 0.2) is 128 Å². The van der Waals surface area contributed by atoms with Crippen LogP contribution in [0.2, 0.25) is 0 Å². The van der Waals surface area contributed by atoms with E-state index in [2.05, 4.69) is 129 Å². The van der Waals surface area contributed by atoms with E-state index in [1.54, 1.807) is 0 Å². The molecule has 0 atom stereocenters. The average Bonchev–Trinajstić information content (AvgIpc) is 3.01. The van der Waals surface area contributed by atoms with Crippen LogP contribution in [0.1, 0.15) is 16.7 Å². The van der Waals surface area contributed by atoms with Gasteiger partial charge in [-0.2, -0.15) is 0 Å². The van der Waals surface area contributed by atoms with Gasteiger partial charge in [0, 0.05) is 23.3 Å². The van der Waals surface area contributed by atoms with Crippen molar-refractivity contribution in [2.24, 2.45) is 0 Å². The van der Waals surface area contributed by atoms with Gasteiger partial charge in [0.1, 0.15) is 0 Å². The van der Waals surface area contributed by atoms with Gasteiger partial charge in [0.2, 0.25) is 0 Å². The smallest absolute Gasteiger partial charge is 0.0714 e. The van der Waals surface area contributed by atoms with Gasteiger partial charge in [-0.05, 0) is 118 Å². The normalized spacial score (nSPS) is 11.3. The summed E-state index contributed by atoms with van der Waals surface area (Å²) in [7, 11) is 0. The second-order valence-corrected chi connectivity index (χ2v) is 10.8. The molecule has 0 amide bonds. The van der Waals surface area contributed by atoms with Gasteiger partial charge in [0.15, 0.2) is 0 Å². The van der Waals surface area contributed by atoms with Crippen LogP contribution in [0, 0.1) is 20.8 Å². The van der Waals surface area contributed by atoms with E-state index in [-0.39, 0.29) is 0 Å². The highest BCUT2D eigenvalue weighted by Gasteiger charge is 2.16. The van der Waals surface area contributed by atoms with E-state index in [9.17, 15) is 0 Å². The summed E-state index contributed by atoms with van der Waals surface area (Å²) in [6.07, 6.45) is 3.77. The van der Waals surface area contributed by atoms with E-state index >= 15 is 0 Å². The first-order valence-electron chi connectivity index (χ1n) is 14.1. The lowest BCUT2D eigenvalue weighted by Gasteiger charge is -2.18. The summed E-state index contributed by atoms with van der Waals surface area (Å²) in [6, 6.07) is 41.4. The Kier molecular flexibility index (Phi) is 6.17. The second kappa shape index (κ2) is 10.1. The Labute approximate surface area is 241 Å². The number of hydrogen-bond acceptors (Lipinski definition) is 2. The number of pyridine rings is 2. The molecule has 0 aliphatic heterocycles. The fraction of sp³-hybridized carbons (Fsp3) is 0.0769. The van der Waals surface area contributed by atoms with Crippen LogP contribution in [0.5, 0.6) is 0 Å². The Hall–Kier alpha value is -5.08. The highest BCUT2D eigenvalue weighted by molar-refractivity contribution is 6.14. The Morgan fingerprint density at radius 3 is 2.15 bits per heavy atom. The zero-order valence-electron chi connectivity index (χ0n) is 23.5. The molecule has 196 valence electrons. The first kappa shape index (κ1) is 24.9. The summed E-state index contributed by atoms with van der Waals surface area (Å²) in [5, 5.41) is 3.64. The van der Waals surface area contributed by atoms with Crippen molar-refractivity contribution in [2.45, 2.75) is 20.8 Å². The third-order valence-electron chi connectivity index (χ3n) is 8.15. The van der Waals surface area contributed by atoms with Crippen molar-refractivity contribution < 1.29 is 0 Å². The molecular weight excluding hydrogens is 496 g/mol. The molecule has 0 saturated carbocycles. The van der Waals surface area contributed by atoms with Crippen molar-refractivity contribution in [2.75, 3.05) is 0 Å². The highest BCUT2D eigenvalue weighted by atomic mass is 14.7. The van der Waals surface area contributed by atoms with Crippen molar-refractivity contribution in [3.63, 3.8) is 0 Å². The molecule has 0 saturated heterocycles. The zero-order valence-corrected chi connectivity index (χ0v) is 23.5. The van der Waals surface area contributed by atoms with Gasteiger partial charge in [0.25, 0.3) is 0 Å². The molecule has 7 rings (SSSR count). The molecule has 2 nitrogen and oxygen atoms in total. The van der Waals surface area contributed by atoms with Crippen molar-refractivity contribution in [1.82, 2.24) is 9.97 Å². The van der Waals surface area contributed by atoms with Gasteiger partial charge in [-0.1, -0.05) is 78.9 Å². The predicted molar refractivity (Wildman–Crippen MR) is 173 cm³/mol. The molecule has 0 aliphatic rings. The Morgan fingerprint density at radius 1 is 0.463 bits per heavy atom. The minimum atomic E-state index is 0.998. The van der Waals surface area contributed by atoms with Crippen molar-refractivity contribution in [3.05, 3.63) is 144 Å². The third kappa shape index (κ3) is 4.48. The molecule has 0 aliphatic carbocycles. The fourth-order valence-electron chi connectivity index (χ4n) is 6.12. The summed E-state index contributed by atoms with van der Waals surface area (Å²) in [5.74, 6) is 0. The monoisotopic (exact) mass is 526 g/mol. The van der Waals surface area contributed by atoms with Crippen LogP contribution in [0.3, 0.4) is 0 Å². The van der Waals surface area contributed by atoms with E-state index in [1.807, 2.05) is 24.5 Å². The lowest BCUT2D eigenvalue weighted by molar-refractivity contribution is 1.28. The number of fused-ring (bicyclic) bond motifs is 3. The number of aromatic nitrogens is 2. The molecule has 41 heavy (non-hydrogen) atoms. The molecule has 7 aromatic rings. The summed E-state index contributed by atoms with van der Waals surface area (Å²) >= 11 is 0. The van der Waals surface area contributed by atoms with Crippen LogP contribution in [0.25, 0.3) is 66.3 Å². The maximum Gasteiger partial charge on any atom is 0.0714 e. The first-order chi connectivity index (χ1) is 20.1. The molecular formula is C39H30N2. The molecule has 0 spiro atoms. The standard InChI is InChI=1S/C39H30N2/c1-25-18-20-41-37(21-25)30-11-7-12-31(22-30)39-26(2)14-16-32(27(39)3)36-24-38-34(13-8-19-40-38)33-17-15-29(23-35(33)36)28-9-5-4-6-10-28/h4-24H,1-3H3. The molecule has 0 radical (unpaired) electrons. The molecule has 0 N–H and O–H groups in total. The Morgan fingerprint density at radius 2 is 1.29 bits per heavy atom.